The molecule has 29 heavy (non-hydrogen) atoms. The van der Waals surface area contributed by atoms with Crippen LogP contribution in [0.3, 0.4) is 0 Å². The van der Waals surface area contributed by atoms with Crippen molar-refractivity contribution in [3.8, 4) is 5.75 Å². The molecule has 2 N–H and O–H groups in total. The Bertz CT molecular complexity index is 656. The van der Waals surface area contributed by atoms with Gasteiger partial charge in [-0.05, 0) is 63.4 Å². The molecule has 0 radical (unpaired) electrons. The number of rotatable bonds is 8. The van der Waals surface area contributed by atoms with Gasteiger partial charge in [0.1, 0.15) is 5.75 Å². The third-order valence-corrected chi connectivity index (χ3v) is 5.09. The monoisotopic (exact) mass is 414 g/mol. The van der Waals surface area contributed by atoms with Gasteiger partial charge in [0, 0.05) is 25.7 Å². The fourth-order valence-electron chi connectivity index (χ4n) is 3.47. The van der Waals surface area contributed by atoms with Crippen molar-refractivity contribution < 1.29 is 17.9 Å². The van der Waals surface area contributed by atoms with Gasteiger partial charge in [0.25, 0.3) is 0 Å². The van der Waals surface area contributed by atoms with E-state index in [1.165, 1.54) is 13.0 Å². The second-order valence-corrected chi connectivity index (χ2v) is 7.61. The topological polar surface area (TPSA) is 48.9 Å². The Morgan fingerprint density at radius 3 is 2.59 bits per heavy atom. The molecule has 8 heteroatoms. The van der Waals surface area contributed by atoms with Gasteiger partial charge >= 0.3 is 6.18 Å². The van der Waals surface area contributed by atoms with Crippen molar-refractivity contribution in [2.75, 3.05) is 39.8 Å². The summed E-state index contributed by atoms with van der Waals surface area (Å²) in [5.41, 5.74) is 1.51. The van der Waals surface area contributed by atoms with E-state index in [1.807, 2.05) is 13.0 Å². The van der Waals surface area contributed by atoms with Crippen LogP contribution in [0.25, 0.3) is 0 Å². The van der Waals surface area contributed by atoms with Crippen LogP contribution in [0, 0.1) is 12.8 Å². The average molecular weight is 415 g/mol. The molecule has 1 heterocycles. The first-order valence-corrected chi connectivity index (χ1v) is 10.3. The minimum atomic E-state index is -4.36. The number of ether oxygens (including phenoxy) is 1. The van der Waals surface area contributed by atoms with Gasteiger partial charge in [-0.15, -0.1) is 0 Å². The van der Waals surface area contributed by atoms with E-state index >= 15 is 0 Å². The quantitative estimate of drug-likeness (QED) is 0.503. The number of guanidine groups is 1. The molecule has 2 rings (SSSR count). The lowest BCUT2D eigenvalue weighted by Gasteiger charge is -2.32. The van der Waals surface area contributed by atoms with Crippen LogP contribution >= 0.6 is 0 Å². The molecular weight excluding hydrogens is 381 g/mol. The van der Waals surface area contributed by atoms with Crippen LogP contribution in [-0.4, -0.2) is 56.9 Å². The van der Waals surface area contributed by atoms with Crippen molar-refractivity contribution in [3.05, 3.63) is 29.3 Å². The second-order valence-electron chi connectivity index (χ2n) is 7.61. The molecule has 1 aromatic rings. The van der Waals surface area contributed by atoms with Crippen LogP contribution in [0.4, 0.5) is 13.2 Å². The maximum atomic E-state index is 12.5. The fraction of sp³-hybridized carbons (Fsp3) is 0.667. The Balaban J connectivity index is 1.83. The zero-order valence-corrected chi connectivity index (χ0v) is 17.6. The highest BCUT2D eigenvalue weighted by molar-refractivity contribution is 5.79. The largest absolute Gasteiger partial charge is 0.484 e. The molecule has 0 saturated carbocycles. The van der Waals surface area contributed by atoms with E-state index in [0.717, 1.165) is 38.0 Å². The van der Waals surface area contributed by atoms with E-state index in [2.05, 4.69) is 27.4 Å². The van der Waals surface area contributed by atoms with Crippen molar-refractivity contribution >= 4 is 5.96 Å². The molecule has 0 atom stereocenters. The van der Waals surface area contributed by atoms with Gasteiger partial charge in [-0.3, -0.25) is 4.99 Å². The number of hydrogen-bond acceptors (Lipinski definition) is 3. The maximum absolute atomic E-state index is 12.5. The van der Waals surface area contributed by atoms with Crippen LogP contribution in [0.2, 0.25) is 0 Å². The van der Waals surface area contributed by atoms with E-state index in [4.69, 9.17) is 4.74 Å². The standard InChI is InChI=1S/C21H33F3N4O/c1-4-9-28-10-7-17(8-11-28)13-26-20(25-3)27-14-18-6-5-16(2)12-19(18)29-15-21(22,23)24/h5-6,12,17H,4,7-11,13-15H2,1-3H3,(H2,25,26,27). The summed E-state index contributed by atoms with van der Waals surface area (Å²) in [6, 6.07) is 5.27. The number of aryl methyl sites for hydroxylation is 1. The molecule has 5 nitrogen and oxygen atoms in total. The highest BCUT2D eigenvalue weighted by Gasteiger charge is 2.28. The summed E-state index contributed by atoms with van der Waals surface area (Å²) in [6.45, 7) is 7.34. The van der Waals surface area contributed by atoms with Crippen molar-refractivity contribution in [3.63, 3.8) is 0 Å². The number of nitrogens with zero attached hydrogens (tertiary/aromatic N) is 2. The highest BCUT2D eigenvalue weighted by atomic mass is 19.4. The molecule has 1 aliphatic heterocycles. The predicted octanol–water partition coefficient (Wildman–Crippen LogP) is 3.72. The number of hydrogen-bond donors (Lipinski definition) is 2. The van der Waals surface area contributed by atoms with Crippen LogP contribution in [0.5, 0.6) is 5.75 Å². The Morgan fingerprint density at radius 1 is 1.24 bits per heavy atom. The number of nitrogens with one attached hydrogen (secondary N) is 2. The molecule has 0 amide bonds. The molecule has 0 bridgehead atoms. The zero-order chi connectivity index (χ0) is 21.3. The molecule has 0 aliphatic carbocycles. The van der Waals surface area contributed by atoms with Crippen molar-refractivity contribution in [1.29, 1.82) is 0 Å². The number of aliphatic imine (C=N–C) groups is 1. The molecule has 1 aromatic carbocycles. The minimum Gasteiger partial charge on any atom is -0.484 e. The van der Waals surface area contributed by atoms with E-state index < -0.39 is 12.8 Å². The van der Waals surface area contributed by atoms with E-state index in [9.17, 15) is 13.2 Å². The average Bonchev–Trinajstić information content (AvgIpc) is 2.68. The molecule has 0 unspecified atom stereocenters. The number of piperidine rings is 1. The number of halogens is 3. The van der Waals surface area contributed by atoms with Gasteiger partial charge in [-0.1, -0.05) is 19.1 Å². The first-order chi connectivity index (χ1) is 13.8. The maximum Gasteiger partial charge on any atom is 0.422 e. The third-order valence-electron chi connectivity index (χ3n) is 5.09. The molecular formula is C21H33F3N4O. The molecule has 1 saturated heterocycles. The first kappa shape index (κ1) is 23.3. The molecule has 0 spiro atoms. The summed E-state index contributed by atoms with van der Waals surface area (Å²) >= 11 is 0. The predicted molar refractivity (Wildman–Crippen MR) is 110 cm³/mol. The van der Waals surface area contributed by atoms with Gasteiger partial charge < -0.3 is 20.3 Å². The van der Waals surface area contributed by atoms with E-state index in [-0.39, 0.29) is 5.75 Å². The summed E-state index contributed by atoms with van der Waals surface area (Å²) in [5, 5.41) is 6.52. The van der Waals surface area contributed by atoms with Crippen LogP contribution in [0.15, 0.2) is 23.2 Å². The Labute approximate surface area is 171 Å². The van der Waals surface area contributed by atoms with Gasteiger partial charge in [-0.25, -0.2) is 0 Å². The van der Waals surface area contributed by atoms with Gasteiger partial charge in [0.2, 0.25) is 0 Å². The Hall–Kier alpha value is -1.96. The smallest absolute Gasteiger partial charge is 0.422 e. The zero-order valence-electron chi connectivity index (χ0n) is 17.6. The summed E-state index contributed by atoms with van der Waals surface area (Å²) in [7, 11) is 1.69. The van der Waals surface area contributed by atoms with Crippen LogP contribution in [-0.2, 0) is 6.54 Å². The molecule has 0 aromatic heterocycles. The van der Waals surface area contributed by atoms with Crippen molar-refractivity contribution in [2.24, 2.45) is 10.9 Å². The van der Waals surface area contributed by atoms with Crippen LogP contribution < -0.4 is 15.4 Å². The summed E-state index contributed by atoms with van der Waals surface area (Å²) in [4.78, 5) is 6.73. The van der Waals surface area contributed by atoms with E-state index in [1.54, 1.807) is 19.2 Å². The molecule has 1 aliphatic rings. The SMILES string of the molecule is CCCN1CCC(CNC(=NC)NCc2ccc(C)cc2OCC(F)(F)F)CC1. The van der Waals surface area contributed by atoms with Crippen LogP contribution in [0.1, 0.15) is 37.3 Å². The minimum absolute atomic E-state index is 0.244. The molecule has 1 fully saturated rings. The summed E-state index contributed by atoms with van der Waals surface area (Å²) in [5.74, 6) is 1.49. The first-order valence-electron chi connectivity index (χ1n) is 10.3. The number of likely N-dealkylation sites (tertiary alicyclic amines) is 1. The molecule has 164 valence electrons. The number of alkyl halides is 3. The van der Waals surface area contributed by atoms with Crippen molar-refractivity contribution in [2.45, 2.75) is 45.8 Å². The lowest BCUT2D eigenvalue weighted by Crippen LogP contribution is -2.42. The fourth-order valence-corrected chi connectivity index (χ4v) is 3.47. The Kier molecular flexibility index (Phi) is 9.07. The number of benzene rings is 1. The highest BCUT2D eigenvalue weighted by Crippen LogP contribution is 2.23. The summed E-state index contributed by atoms with van der Waals surface area (Å²) in [6.07, 6.45) is -0.847. The Morgan fingerprint density at radius 2 is 1.97 bits per heavy atom. The van der Waals surface area contributed by atoms with Gasteiger partial charge in [0.15, 0.2) is 12.6 Å². The third kappa shape index (κ3) is 8.51. The van der Waals surface area contributed by atoms with Gasteiger partial charge in [0.05, 0.1) is 0 Å². The van der Waals surface area contributed by atoms with Gasteiger partial charge in [-0.2, -0.15) is 13.2 Å². The summed E-state index contributed by atoms with van der Waals surface area (Å²) < 4.78 is 42.5. The van der Waals surface area contributed by atoms with Crippen molar-refractivity contribution in [1.82, 2.24) is 15.5 Å². The lowest BCUT2D eigenvalue weighted by atomic mass is 9.97. The second kappa shape index (κ2) is 11.3. The van der Waals surface area contributed by atoms with E-state index in [0.29, 0.717) is 24.0 Å². The normalized spacial score (nSPS) is 16.7. The lowest BCUT2D eigenvalue weighted by molar-refractivity contribution is -0.153.